The summed E-state index contributed by atoms with van der Waals surface area (Å²) in [6.45, 7) is 15.7. The zero-order valence-corrected chi connectivity index (χ0v) is 12.2. The minimum absolute atomic E-state index is 0.646. The molecule has 1 aliphatic carbocycles. The molecule has 0 heterocycles. The molecule has 0 saturated heterocycles. The summed E-state index contributed by atoms with van der Waals surface area (Å²) in [6.07, 6.45) is 9.30. The summed E-state index contributed by atoms with van der Waals surface area (Å²) in [6, 6.07) is 0. The molecular formula is C17H28. The van der Waals surface area contributed by atoms with Crippen LogP contribution in [0.3, 0.4) is 0 Å². The largest absolute Gasteiger partial charge is 0.0998 e. The fourth-order valence-electron chi connectivity index (χ4n) is 2.66. The van der Waals surface area contributed by atoms with Crippen molar-refractivity contribution in [2.75, 3.05) is 0 Å². The number of allylic oxidation sites excluding steroid dienone is 5. The van der Waals surface area contributed by atoms with Crippen LogP contribution in [-0.4, -0.2) is 0 Å². The highest BCUT2D eigenvalue weighted by atomic mass is 14.3. The molecule has 0 spiro atoms. The van der Waals surface area contributed by atoms with Crippen LogP contribution >= 0.6 is 0 Å². The van der Waals surface area contributed by atoms with Gasteiger partial charge in [-0.25, -0.2) is 0 Å². The van der Waals surface area contributed by atoms with Gasteiger partial charge in [-0.2, -0.15) is 0 Å². The van der Waals surface area contributed by atoms with Crippen molar-refractivity contribution in [3.05, 3.63) is 36.0 Å². The molecule has 0 aromatic carbocycles. The van der Waals surface area contributed by atoms with Gasteiger partial charge in [0.05, 0.1) is 0 Å². The van der Waals surface area contributed by atoms with Crippen LogP contribution in [-0.2, 0) is 0 Å². The first kappa shape index (κ1) is 14.3. The first-order valence-electron chi connectivity index (χ1n) is 7.00. The van der Waals surface area contributed by atoms with Crippen molar-refractivity contribution in [1.82, 2.24) is 0 Å². The third kappa shape index (κ3) is 3.59. The summed E-state index contributed by atoms with van der Waals surface area (Å²) in [5, 5.41) is 0. The Morgan fingerprint density at radius 3 is 2.59 bits per heavy atom. The Morgan fingerprint density at radius 2 is 2.06 bits per heavy atom. The van der Waals surface area contributed by atoms with Gasteiger partial charge in [0.2, 0.25) is 0 Å². The summed E-state index contributed by atoms with van der Waals surface area (Å²) in [5.41, 5.74) is 2.95. The van der Waals surface area contributed by atoms with Gasteiger partial charge in [0.25, 0.3) is 0 Å². The molecular weight excluding hydrogens is 204 g/mol. The van der Waals surface area contributed by atoms with Crippen molar-refractivity contribution in [3.8, 4) is 0 Å². The maximum atomic E-state index is 4.19. The van der Waals surface area contributed by atoms with E-state index in [4.69, 9.17) is 0 Å². The van der Waals surface area contributed by atoms with Gasteiger partial charge in [0, 0.05) is 0 Å². The standard InChI is InChI=1S/C17H28/c1-7-13(4)17(12(2)3)11-16-10-8-9-14(5)15(16)6/h8-10,13-15,17H,2,7,11H2,1,3-6H3. The lowest BCUT2D eigenvalue weighted by molar-refractivity contribution is 0.373. The average molecular weight is 232 g/mol. The molecule has 0 aromatic heterocycles. The molecule has 4 unspecified atom stereocenters. The molecule has 17 heavy (non-hydrogen) atoms. The van der Waals surface area contributed by atoms with Crippen molar-refractivity contribution in [2.45, 2.75) is 47.5 Å². The predicted molar refractivity (Wildman–Crippen MR) is 77.9 cm³/mol. The van der Waals surface area contributed by atoms with Crippen LogP contribution in [0.25, 0.3) is 0 Å². The van der Waals surface area contributed by atoms with Crippen LogP contribution in [0.5, 0.6) is 0 Å². The van der Waals surface area contributed by atoms with Crippen molar-refractivity contribution in [2.24, 2.45) is 23.7 Å². The predicted octanol–water partition coefficient (Wildman–Crippen LogP) is 5.38. The molecule has 0 nitrogen and oxygen atoms in total. The van der Waals surface area contributed by atoms with Crippen LogP contribution < -0.4 is 0 Å². The number of rotatable bonds is 5. The van der Waals surface area contributed by atoms with E-state index in [1.807, 2.05) is 0 Å². The summed E-state index contributed by atoms with van der Waals surface area (Å²) in [7, 11) is 0. The highest BCUT2D eigenvalue weighted by Gasteiger charge is 2.23. The molecule has 0 aromatic rings. The third-order valence-electron chi connectivity index (χ3n) is 4.52. The maximum absolute atomic E-state index is 4.19. The SMILES string of the molecule is C=C(C)C(CC1=CC=CC(C)C1C)C(C)CC. The minimum atomic E-state index is 0.646. The van der Waals surface area contributed by atoms with Gasteiger partial charge in [-0.15, -0.1) is 0 Å². The zero-order valence-electron chi connectivity index (χ0n) is 12.2. The van der Waals surface area contributed by atoms with E-state index in [2.05, 4.69) is 59.4 Å². The van der Waals surface area contributed by atoms with Crippen LogP contribution in [0.1, 0.15) is 47.5 Å². The molecule has 0 radical (unpaired) electrons. The summed E-state index contributed by atoms with van der Waals surface area (Å²) >= 11 is 0. The smallest absolute Gasteiger partial charge is 0.0146 e. The highest BCUT2D eigenvalue weighted by Crippen LogP contribution is 2.35. The Morgan fingerprint density at radius 1 is 1.41 bits per heavy atom. The van der Waals surface area contributed by atoms with E-state index >= 15 is 0 Å². The van der Waals surface area contributed by atoms with E-state index in [-0.39, 0.29) is 0 Å². The third-order valence-corrected chi connectivity index (χ3v) is 4.52. The number of hydrogen-bond donors (Lipinski definition) is 0. The molecule has 0 aliphatic heterocycles. The molecule has 4 atom stereocenters. The second-order valence-electron chi connectivity index (χ2n) is 5.82. The Balaban J connectivity index is 2.77. The fraction of sp³-hybridized carbons (Fsp3) is 0.647. The molecule has 0 saturated carbocycles. The molecule has 0 bridgehead atoms. The molecule has 0 fully saturated rings. The monoisotopic (exact) mass is 232 g/mol. The van der Waals surface area contributed by atoms with Gasteiger partial charge in [-0.3, -0.25) is 0 Å². The van der Waals surface area contributed by atoms with Gasteiger partial charge in [0.1, 0.15) is 0 Å². The van der Waals surface area contributed by atoms with Gasteiger partial charge >= 0.3 is 0 Å². The van der Waals surface area contributed by atoms with Crippen molar-refractivity contribution < 1.29 is 0 Å². The highest BCUT2D eigenvalue weighted by molar-refractivity contribution is 5.24. The summed E-state index contributed by atoms with van der Waals surface area (Å²) in [4.78, 5) is 0. The van der Waals surface area contributed by atoms with Gasteiger partial charge < -0.3 is 0 Å². The molecule has 0 amide bonds. The van der Waals surface area contributed by atoms with Gasteiger partial charge in [-0.05, 0) is 37.0 Å². The van der Waals surface area contributed by atoms with Crippen molar-refractivity contribution in [1.29, 1.82) is 0 Å². The molecule has 1 aliphatic rings. The summed E-state index contributed by atoms with van der Waals surface area (Å²) < 4.78 is 0. The molecule has 1 rings (SSSR count). The van der Waals surface area contributed by atoms with Gasteiger partial charge in [-0.1, -0.05) is 70.1 Å². The second-order valence-corrected chi connectivity index (χ2v) is 5.82. The van der Waals surface area contributed by atoms with Crippen molar-refractivity contribution >= 4 is 0 Å². The minimum Gasteiger partial charge on any atom is -0.0998 e. The van der Waals surface area contributed by atoms with E-state index < -0.39 is 0 Å². The molecule has 0 N–H and O–H groups in total. The van der Waals surface area contributed by atoms with Crippen molar-refractivity contribution in [3.63, 3.8) is 0 Å². The van der Waals surface area contributed by atoms with E-state index in [0.29, 0.717) is 17.8 Å². The topological polar surface area (TPSA) is 0 Å². The lowest BCUT2D eigenvalue weighted by Gasteiger charge is -2.30. The lowest BCUT2D eigenvalue weighted by atomic mass is 9.75. The first-order chi connectivity index (χ1) is 7.97. The van der Waals surface area contributed by atoms with Crippen LogP contribution in [0.4, 0.5) is 0 Å². The normalized spacial score (nSPS) is 27.5. The lowest BCUT2D eigenvalue weighted by Crippen LogP contribution is -2.18. The fourth-order valence-corrected chi connectivity index (χ4v) is 2.66. The average Bonchev–Trinajstić information content (AvgIpc) is 2.29. The number of hydrogen-bond acceptors (Lipinski definition) is 0. The maximum Gasteiger partial charge on any atom is -0.0146 e. The zero-order chi connectivity index (χ0) is 13.0. The van der Waals surface area contributed by atoms with Crippen LogP contribution in [0, 0.1) is 23.7 Å². The molecule has 96 valence electrons. The Kier molecular flexibility index (Phi) is 5.24. The van der Waals surface area contributed by atoms with Crippen LogP contribution in [0.2, 0.25) is 0 Å². The van der Waals surface area contributed by atoms with Crippen LogP contribution in [0.15, 0.2) is 36.0 Å². The second kappa shape index (κ2) is 6.23. The van der Waals surface area contributed by atoms with E-state index in [0.717, 1.165) is 5.92 Å². The Labute approximate surface area is 108 Å². The van der Waals surface area contributed by atoms with E-state index in [9.17, 15) is 0 Å². The molecule has 0 heteroatoms. The Bertz CT molecular complexity index is 319. The Hall–Kier alpha value is -0.780. The summed E-state index contributed by atoms with van der Waals surface area (Å²) in [5.74, 6) is 2.75. The quantitative estimate of drug-likeness (QED) is 0.558. The van der Waals surface area contributed by atoms with E-state index in [1.165, 1.54) is 18.4 Å². The first-order valence-corrected chi connectivity index (χ1v) is 7.00. The van der Waals surface area contributed by atoms with E-state index in [1.54, 1.807) is 5.57 Å². The van der Waals surface area contributed by atoms with Gasteiger partial charge in [0.15, 0.2) is 0 Å².